The Morgan fingerprint density at radius 3 is 1.30 bits per heavy atom. The van der Waals surface area contributed by atoms with Crippen LogP contribution in [0.4, 0.5) is 0 Å². The topological polar surface area (TPSA) is 57.9 Å². The molecule has 0 radical (unpaired) electrons. The van der Waals surface area contributed by atoms with Crippen LogP contribution in [0.25, 0.3) is 88.8 Å². The lowest BCUT2D eigenvalue weighted by Crippen LogP contribution is -2.76. The molecule has 0 aliphatic heterocycles. The van der Waals surface area contributed by atoms with Crippen molar-refractivity contribution in [3.63, 3.8) is 0 Å². The summed E-state index contributed by atoms with van der Waals surface area (Å²) in [5.41, 5.74) is 10.4. The summed E-state index contributed by atoms with van der Waals surface area (Å²) in [6.07, 6.45) is 0. The molecular weight excluding hydrogens is 835 g/mol. The van der Waals surface area contributed by atoms with Gasteiger partial charge in [-0.1, -0.05) is 170 Å². The molecule has 7 nitrogen and oxygen atoms in total. The zero-order valence-electron chi connectivity index (χ0n) is 36.1. The van der Waals surface area contributed by atoms with Crippen molar-refractivity contribution in [2.75, 3.05) is 0 Å². The average Bonchev–Trinajstić information content (AvgIpc) is 4.13. The van der Waals surface area contributed by atoms with Crippen molar-refractivity contribution in [3.8, 4) is 17.3 Å². The first kappa shape index (κ1) is 37.5. The fourth-order valence-electron chi connectivity index (χ4n) is 10.9. The van der Waals surface area contributed by atoms with E-state index >= 15 is 0 Å². The number of hydrogen-bond donors (Lipinski definition) is 0. The molecule has 0 spiro atoms. The Balaban J connectivity index is 1.15. The van der Waals surface area contributed by atoms with Gasteiger partial charge in [0.25, 0.3) is 0 Å². The number of benzene rings is 9. The molecule has 0 unspecified atom stereocenters. The van der Waals surface area contributed by atoms with E-state index in [9.17, 15) is 0 Å². The van der Waals surface area contributed by atoms with Gasteiger partial charge in [0, 0.05) is 33.3 Å². The van der Waals surface area contributed by atoms with Crippen LogP contribution >= 0.6 is 0 Å². The average molecular weight is 874 g/mol. The van der Waals surface area contributed by atoms with E-state index in [1.165, 1.54) is 37.1 Å². The van der Waals surface area contributed by atoms with Gasteiger partial charge in [0.2, 0.25) is 13.9 Å². The van der Waals surface area contributed by atoms with Gasteiger partial charge in [-0.05, 0) is 76.2 Å². The molecule has 314 valence electrons. The van der Waals surface area contributed by atoms with Crippen molar-refractivity contribution < 1.29 is 0 Å². The molecule has 14 aromatic rings. The maximum absolute atomic E-state index is 5.95. The van der Waals surface area contributed by atoms with Crippen LogP contribution in [0, 0.1) is 0 Å². The van der Waals surface area contributed by atoms with Gasteiger partial charge < -0.3 is 4.57 Å². The van der Waals surface area contributed by atoms with Gasteiger partial charge in [-0.15, -0.1) is 0 Å². The quantitative estimate of drug-likeness (QED) is 0.118. The van der Waals surface area contributed by atoms with E-state index in [0.717, 1.165) is 72.7 Å². The van der Waals surface area contributed by atoms with Crippen molar-refractivity contribution in [2.24, 2.45) is 0 Å². The molecule has 5 aromatic heterocycles. The van der Waals surface area contributed by atoms with E-state index in [4.69, 9.17) is 15.0 Å². The number of imidazole rings is 2. The fraction of sp³-hybridized carbons (Fsp3) is 0. The van der Waals surface area contributed by atoms with E-state index < -0.39 is 8.07 Å². The normalized spacial score (nSPS) is 12.2. The molecule has 14 rings (SSSR count). The summed E-state index contributed by atoms with van der Waals surface area (Å²) in [6, 6.07) is 85.0. The molecule has 5 heterocycles. The third kappa shape index (κ3) is 5.42. The molecule has 9 aromatic carbocycles. The van der Waals surface area contributed by atoms with Crippen LogP contribution in [0.1, 0.15) is 0 Å². The van der Waals surface area contributed by atoms with Gasteiger partial charge in [0.1, 0.15) is 17.1 Å². The Morgan fingerprint density at radius 1 is 0.299 bits per heavy atom. The Kier molecular flexibility index (Phi) is 8.17. The maximum Gasteiger partial charge on any atom is 0.226 e. The van der Waals surface area contributed by atoms with Gasteiger partial charge >= 0.3 is 0 Å². The third-order valence-electron chi connectivity index (χ3n) is 13.7. The van der Waals surface area contributed by atoms with E-state index in [2.05, 4.69) is 255 Å². The van der Waals surface area contributed by atoms with Crippen LogP contribution in [0.5, 0.6) is 0 Å². The smallest absolute Gasteiger partial charge is 0.226 e. The standard InChI is InChI=1S/C59H39N7Si/c1-3-21-41(22-4-1)67(42-23-5-2-6-24-42,43-25-19-20-40(38-43)63-49-31-12-7-26-44(49)45-27-8-13-32-50(45)63)58-61-56(64-51-33-14-9-28-46(51)47-29-10-15-34-52(47)64)39-57(62-58)66-55-37-18-17-36-54(55)65-53-35-16-11-30-48(53)60-59(65)66/h1-39H. The Bertz CT molecular complexity index is 4090. The Labute approximate surface area is 385 Å². The van der Waals surface area contributed by atoms with E-state index in [0.29, 0.717) is 0 Å². The molecule has 0 amide bonds. The Morgan fingerprint density at radius 2 is 0.731 bits per heavy atom. The predicted octanol–water partition coefficient (Wildman–Crippen LogP) is 10.8. The lowest BCUT2D eigenvalue weighted by atomic mass is 10.2. The van der Waals surface area contributed by atoms with Gasteiger partial charge in [-0.3, -0.25) is 13.5 Å². The molecule has 0 atom stereocenters. The molecule has 0 saturated carbocycles. The van der Waals surface area contributed by atoms with Gasteiger partial charge in [0.05, 0.1) is 44.1 Å². The minimum atomic E-state index is -3.46. The van der Waals surface area contributed by atoms with E-state index in [-0.39, 0.29) is 0 Å². The lowest BCUT2D eigenvalue weighted by molar-refractivity contribution is 0.994. The van der Waals surface area contributed by atoms with Gasteiger partial charge in [-0.25, -0.2) is 15.0 Å². The summed E-state index contributed by atoms with van der Waals surface area (Å²) < 4.78 is 9.24. The Hall–Kier alpha value is -8.85. The molecule has 67 heavy (non-hydrogen) atoms. The van der Waals surface area contributed by atoms with Crippen LogP contribution in [-0.2, 0) is 0 Å². The second kappa shape index (κ2) is 14.6. The lowest BCUT2D eigenvalue weighted by Gasteiger charge is -2.33. The number of rotatable bonds is 7. The van der Waals surface area contributed by atoms with Crippen LogP contribution in [0.3, 0.4) is 0 Å². The summed E-state index contributed by atoms with van der Waals surface area (Å²) in [7, 11) is -3.46. The largest absolute Gasteiger partial charge is 0.309 e. The number of para-hydroxylation sites is 8. The van der Waals surface area contributed by atoms with Crippen molar-refractivity contribution in [1.29, 1.82) is 0 Å². The van der Waals surface area contributed by atoms with Crippen molar-refractivity contribution in [2.45, 2.75) is 0 Å². The number of fused-ring (bicyclic) bond motifs is 11. The van der Waals surface area contributed by atoms with Crippen LogP contribution in [0.15, 0.2) is 237 Å². The van der Waals surface area contributed by atoms with Crippen molar-refractivity contribution >= 4 is 101 Å². The van der Waals surface area contributed by atoms with E-state index in [1.807, 2.05) is 0 Å². The minimum Gasteiger partial charge on any atom is -0.309 e. The minimum absolute atomic E-state index is 0.741. The van der Waals surface area contributed by atoms with Crippen molar-refractivity contribution in [3.05, 3.63) is 237 Å². The van der Waals surface area contributed by atoms with E-state index in [1.54, 1.807) is 0 Å². The van der Waals surface area contributed by atoms with Gasteiger partial charge in [0.15, 0.2) is 0 Å². The second-order valence-electron chi connectivity index (χ2n) is 17.2. The molecule has 8 heteroatoms. The zero-order valence-corrected chi connectivity index (χ0v) is 37.1. The first-order valence-corrected chi connectivity index (χ1v) is 24.7. The SMILES string of the molecule is c1ccc([Si](c2ccccc2)(c2cccc(-n3c4ccccc4c4ccccc43)c2)c2nc(-n3c4ccccc4c4ccccc43)cc(-n3c4ccccc4n4c5ccccc5nc34)n2)cc1. The summed E-state index contributed by atoms with van der Waals surface area (Å²) >= 11 is 0. The summed E-state index contributed by atoms with van der Waals surface area (Å²) in [6.45, 7) is 0. The molecule has 0 bridgehead atoms. The molecular formula is C59H39N7Si. The predicted molar refractivity (Wildman–Crippen MR) is 277 cm³/mol. The summed E-state index contributed by atoms with van der Waals surface area (Å²) in [5.74, 6) is 2.32. The monoisotopic (exact) mass is 873 g/mol. The molecule has 0 saturated heterocycles. The highest BCUT2D eigenvalue weighted by atomic mass is 28.3. The second-order valence-corrected chi connectivity index (χ2v) is 20.9. The molecule has 0 aliphatic carbocycles. The highest BCUT2D eigenvalue weighted by Crippen LogP contribution is 2.35. The van der Waals surface area contributed by atoms with Crippen LogP contribution < -0.4 is 21.0 Å². The first-order valence-electron chi connectivity index (χ1n) is 22.7. The third-order valence-corrected chi connectivity index (χ3v) is 18.2. The molecule has 0 aliphatic rings. The highest BCUT2D eigenvalue weighted by molar-refractivity contribution is 7.19. The number of hydrogen-bond acceptors (Lipinski definition) is 3. The van der Waals surface area contributed by atoms with Crippen LogP contribution in [-0.4, -0.2) is 41.1 Å². The first-order chi connectivity index (χ1) is 33.3. The van der Waals surface area contributed by atoms with Gasteiger partial charge in [-0.2, -0.15) is 0 Å². The summed E-state index contributed by atoms with van der Waals surface area (Å²) in [5, 5.41) is 8.32. The van der Waals surface area contributed by atoms with Crippen LogP contribution in [0.2, 0.25) is 0 Å². The number of aromatic nitrogens is 7. The van der Waals surface area contributed by atoms with Crippen molar-refractivity contribution in [1.82, 2.24) is 33.1 Å². The fourth-order valence-corrected chi connectivity index (χ4v) is 15.3. The summed E-state index contributed by atoms with van der Waals surface area (Å²) in [4.78, 5) is 17.2. The highest BCUT2D eigenvalue weighted by Gasteiger charge is 2.46. The maximum atomic E-state index is 5.95. The molecule has 0 fully saturated rings. The number of nitrogens with zero attached hydrogens (tertiary/aromatic N) is 7. The zero-order chi connectivity index (χ0) is 44.1. The molecule has 0 N–H and O–H groups in total.